The van der Waals surface area contributed by atoms with E-state index >= 15 is 0 Å². The fourth-order valence-electron chi connectivity index (χ4n) is 1.94. The molecule has 0 bridgehead atoms. The maximum Gasteiger partial charge on any atom is 0.0515 e. The molecule has 3 atom stereocenters. The van der Waals surface area contributed by atoms with Gasteiger partial charge in [0.05, 0.1) is 6.10 Å². The molecule has 0 saturated carbocycles. The molecule has 1 aromatic carbocycles. The van der Waals surface area contributed by atoms with Crippen molar-refractivity contribution >= 4 is 11.6 Å². The highest BCUT2D eigenvalue weighted by molar-refractivity contribution is 6.30. The standard InChI is InChI=1S/C14H22ClNO/c1-10(7-11(2)17)9-16-12(3)13-5-4-6-14(15)8-13/h4-6,8,10-12,16-17H,7,9H2,1-3H3. The monoisotopic (exact) mass is 255 g/mol. The third-order valence-electron chi connectivity index (χ3n) is 2.86. The normalized spacial score (nSPS) is 16.5. The predicted octanol–water partition coefficient (Wildman–Crippen LogP) is 3.40. The lowest BCUT2D eigenvalue weighted by Gasteiger charge is -2.19. The first-order valence-electron chi connectivity index (χ1n) is 6.16. The third kappa shape index (κ3) is 5.53. The number of rotatable bonds is 6. The smallest absolute Gasteiger partial charge is 0.0515 e. The summed E-state index contributed by atoms with van der Waals surface area (Å²) in [5, 5.41) is 13.5. The molecule has 2 N–H and O–H groups in total. The maximum atomic E-state index is 9.30. The quantitative estimate of drug-likeness (QED) is 0.817. The van der Waals surface area contributed by atoms with Crippen LogP contribution in [0.15, 0.2) is 24.3 Å². The van der Waals surface area contributed by atoms with Gasteiger partial charge in [-0.05, 0) is 50.4 Å². The van der Waals surface area contributed by atoms with E-state index in [9.17, 15) is 5.11 Å². The van der Waals surface area contributed by atoms with Crippen LogP contribution in [0.2, 0.25) is 5.02 Å². The topological polar surface area (TPSA) is 32.3 Å². The summed E-state index contributed by atoms with van der Waals surface area (Å²) < 4.78 is 0. The summed E-state index contributed by atoms with van der Waals surface area (Å²) in [5.41, 5.74) is 1.20. The van der Waals surface area contributed by atoms with Crippen molar-refractivity contribution in [3.05, 3.63) is 34.9 Å². The molecule has 3 heteroatoms. The van der Waals surface area contributed by atoms with E-state index in [0.29, 0.717) is 5.92 Å². The van der Waals surface area contributed by atoms with Gasteiger partial charge >= 0.3 is 0 Å². The lowest BCUT2D eigenvalue weighted by Crippen LogP contribution is -2.26. The van der Waals surface area contributed by atoms with Crippen molar-refractivity contribution in [3.63, 3.8) is 0 Å². The van der Waals surface area contributed by atoms with Crippen LogP contribution in [-0.2, 0) is 0 Å². The summed E-state index contributed by atoms with van der Waals surface area (Å²) in [6.07, 6.45) is 0.600. The van der Waals surface area contributed by atoms with Gasteiger partial charge < -0.3 is 10.4 Å². The second-order valence-corrected chi connectivity index (χ2v) is 5.31. The van der Waals surface area contributed by atoms with E-state index in [-0.39, 0.29) is 12.1 Å². The summed E-state index contributed by atoms with van der Waals surface area (Å²) in [6, 6.07) is 8.19. The van der Waals surface area contributed by atoms with Gasteiger partial charge in [0.1, 0.15) is 0 Å². The van der Waals surface area contributed by atoms with Crippen molar-refractivity contribution in [1.29, 1.82) is 0 Å². The van der Waals surface area contributed by atoms with Crippen LogP contribution in [0.1, 0.15) is 38.8 Å². The number of benzene rings is 1. The van der Waals surface area contributed by atoms with Gasteiger partial charge in [-0.3, -0.25) is 0 Å². The van der Waals surface area contributed by atoms with Gasteiger partial charge in [0.25, 0.3) is 0 Å². The lowest BCUT2D eigenvalue weighted by molar-refractivity contribution is 0.162. The third-order valence-corrected chi connectivity index (χ3v) is 3.10. The summed E-state index contributed by atoms with van der Waals surface area (Å²) in [4.78, 5) is 0. The van der Waals surface area contributed by atoms with E-state index in [1.54, 1.807) is 0 Å². The number of halogens is 1. The van der Waals surface area contributed by atoms with Crippen LogP contribution < -0.4 is 5.32 Å². The SMILES string of the molecule is CC(O)CC(C)CNC(C)c1cccc(Cl)c1. The van der Waals surface area contributed by atoms with Crippen LogP contribution in [0.25, 0.3) is 0 Å². The maximum absolute atomic E-state index is 9.30. The molecule has 0 amide bonds. The van der Waals surface area contributed by atoms with Gasteiger partial charge in [-0.1, -0.05) is 30.7 Å². The summed E-state index contributed by atoms with van der Waals surface area (Å²) in [6.45, 7) is 7.00. The molecule has 1 aromatic rings. The zero-order chi connectivity index (χ0) is 12.8. The molecule has 1 rings (SSSR count). The Morgan fingerprint density at radius 3 is 2.59 bits per heavy atom. The van der Waals surface area contributed by atoms with Crippen LogP contribution in [-0.4, -0.2) is 17.8 Å². The summed E-state index contributed by atoms with van der Waals surface area (Å²) in [5.74, 6) is 0.469. The van der Waals surface area contributed by atoms with Crippen molar-refractivity contribution < 1.29 is 5.11 Å². The molecule has 0 fully saturated rings. The predicted molar refractivity (Wildman–Crippen MR) is 73.3 cm³/mol. The second-order valence-electron chi connectivity index (χ2n) is 4.87. The Bertz CT molecular complexity index is 341. The van der Waals surface area contributed by atoms with Crippen LogP contribution in [0.3, 0.4) is 0 Å². The van der Waals surface area contributed by atoms with Gasteiger partial charge in [-0.2, -0.15) is 0 Å². The first kappa shape index (κ1) is 14.5. The van der Waals surface area contributed by atoms with E-state index in [2.05, 4.69) is 25.2 Å². The zero-order valence-corrected chi connectivity index (χ0v) is 11.5. The Balaban J connectivity index is 2.42. The highest BCUT2D eigenvalue weighted by Crippen LogP contribution is 2.17. The minimum Gasteiger partial charge on any atom is -0.393 e. The Morgan fingerprint density at radius 1 is 1.29 bits per heavy atom. The average molecular weight is 256 g/mol. The van der Waals surface area contributed by atoms with E-state index in [1.165, 1.54) is 5.56 Å². The molecule has 0 saturated heterocycles. The number of hydrogen-bond acceptors (Lipinski definition) is 2. The molecule has 96 valence electrons. The van der Waals surface area contributed by atoms with Crippen LogP contribution in [0.4, 0.5) is 0 Å². The van der Waals surface area contributed by atoms with E-state index in [1.807, 2.05) is 25.1 Å². The van der Waals surface area contributed by atoms with Crippen molar-refractivity contribution in [1.82, 2.24) is 5.32 Å². The largest absolute Gasteiger partial charge is 0.393 e. The first-order chi connectivity index (χ1) is 7.99. The van der Waals surface area contributed by atoms with Gasteiger partial charge in [-0.25, -0.2) is 0 Å². The van der Waals surface area contributed by atoms with Crippen LogP contribution >= 0.6 is 11.6 Å². The van der Waals surface area contributed by atoms with Gasteiger partial charge in [0.15, 0.2) is 0 Å². The van der Waals surface area contributed by atoms with E-state index in [0.717, 1.165) is 18.0 Å². The molecular weight excluding hydrogens is 234 g/mol. The first-order valence-corrected chi connectivity index (χ1v) is 6.53. The lowest BCUT2D eigenvalue weighted by atomic mass is 10.0. The molecule has 0 aromatic heterocycles. The number of nitrogens with one attached hydrogen (secondary N) is 1. The highest BCUT2D eigenvalue weighted by atomic mass is 35.5. The minimum atomic E-state index is -0.228. The molecule has 0 aliphatic carbocycles. The Morgan fingerprint density at radius 2 is 2.00 bits per heavy atom. The van der Waals surface area contributed by atoms with Gasteiger partial charge in [-0.15, -0.1) is 0 Å². The van der Waals surface area contributed by atoms with E-state index < -0.39 is 0 Å². The van der Waals surface area contributed by atoms with Crippen LogP contribution in [0.5, 0.6) is 0 Å². The molecule has 2 nitrogen and oxygen atoms in total. The summed E-state index contributed by atoms with van der Waals surface area (Å²) in [7, 11) is 0. The van der Waals surface area contributed by atoms with Crippen molar-refractivity contribution in [3.8, 4) is 0 Å². The molecule has 17 heavy (non-hydrogen) atoms. The fourth-order valence-corrected chi connectivity index (χ4v) is 2.14. The molecule has 0 radical (unpaired) electrons. The van der Waals surface area contributed by atoms with Crippen molar-refractivity contribution in [2.45, 2.75) is 39.3 Å². The molecule has 0 aliphatic heterocycles. The van der Waals surface area contributed by atoms with Gasteiger partial charge in [0.2, 0.25) is 0 Å². The molecule has 0 heterocycles. The average Bonchev–Trinajstić information content (AvgIpc) is 2.25. The number of aliphatic hydroxyl groups is 1. The van der Waals surface area contributed by atoms with E-state index in [4.69, 9.17) is 11.6 Å². The molecule has 3 unspecified atom stereocenters. The Hall–Kier alpha value is -0.570. The minimum absolute atomic E-state index is 0.228. The van der Waals surface area contributed by atoms with Crippen LogP contribution in [0, 0.1) is 5.92 Å². The molecule has 0 spiro atoms. The fraction of sp³-hybridized carbons (Fsp3) is 0.571. The second kappa shape index (κ2) is 7.00. The highest BCUT2D eigenvalue weighted by Gasteiger charge is 2.09. The number of aliphatic hydroxyl groups excluding tert-OH is 1. The van der Waals surface area contributed by atoms with Crippen molar-refractivity contribution in [2.24, 2.45) is 5.92 Å². The number of hydrogen-bond donors (Lipinski definition) is 2. The Labute approximate surface area is 109 Å². The van der Waals surface area contributed by atoms with Crippen molar-refractivity contribution in [2.75, 3.05) is 6.54 Å². The van der Waals surface area contributed by atoms with Gasteiger partial charge in [0, 0.05) is 11.1 Å². The summed E-state index contributed by atoms with van der Waals surface area (Å²) >= 11 is 5.96. The molecule has 0 aliphatic rings. The molecular formula is C14H22ClNO. The zero-order valence-electron chi connectivity index (χ0n) is 10.8. The Kier molecular flexibility index (Phi) is 5.96.